The predicted octanol–water partition coefficient (Wildman–Crippen LogP) is 5.05. The molecule has 2 fully saturated rings. The standard InChI is InChI=1S/C17H28/c1-10-7-8-13-11(2)9-14-15(16(14,4)5)17(13,6)12(10)3/h10,12,14-15H,7-9H2,1-6H3. The molecule has 0 nitrogen and oxygen atoms in total. The van der Waals surface area contributed by atoms with E-state index in [1.807, 2.05) is 5.57 Å². The second-order valence-corrected chi connectivity index (χ2v) is 7.96. The molecule has 3 aliphatic carbocycles. The van der Waals surface area contributed by atoms with Crippen molar-refractivity contribution in [1.82, 2.24) is 0 Å². The Labute approximate surface area is 107 Å². The first-order chi connectivity index (χ1) is 7.81. The maximum absolute atomic E-state index is 2.59. The molecule has 96 valence electrons. The van der Waals surface area contributed by atoms with Gasteiger partial charge in [0.05, 0.1) is 0 Å². The Morgan fingerprint density at radius 3 is 2.41 bits per heavy atom. The van der Waals surface area contributed by atoms with Crippen LogP contribution in [-0.4, -0.2) is 0 Å². The summed E-state index contributed by atoms with van der Waals surface area (Å²) in [4.78, 5) is 0. The molecule has 0 bridgehead atoms. The van der Waals surface area contributed by atoms with Crippen molar-refractivity contribution >= 4 is 0 Å². The van der Waals surface area contributed by atoms with Gasteiger partial charge in [-0.25, -0.2) is 0 Å². The summed E-state index contributed by atoms with van der Waals surface area (Å²) in [5.74, 6) is 3.72. The highest BCUT2D eigenvalue weighted by Gasteiger charge is 2.69. The fourth-order valence-corrected chi connectivity index (χ4v) is 5.67. The van der Waals surface area contributed by atoms with Gasteiger partial charge in [-0.3, -0.25) is 0 Å². The van der Waals surface area contributed by atoms with Gasteiger partial charge in [-0.2, -0.15) is 0 Å². The molecule has 3 rings (SSSR count). The van der Waals surface area contributed by atoms with Crippen LogP contribution in [0.25, 0.3) is 0 Å². The van der Waals surface area contributed by atoms with Crippen molar-refractivity contribution in [3.63, 3.8) is 0 Å². The van der Waals surface area contributed by atoms with Crippen LogP contribution in [0.15, 0.2) is 11.1 Å². The van der Waals surface area contributed by atoms with Gasteiger partial charge in [0.15, 0.2) is 0 Å². The van der Waals surface area contributed by atoms with Crippen LogP contribution in [0.1, 0.15) is 60.8 Å². The number of rotatable bonds is 0. The molecular formula is C17H28. The van der Waals surface area contributed by atoms with E-state index in [1.54, 1.807) is 5.57 Å². The lowest BCUT2D eigenvalue weighted by atomic mass is 9.55. The normalized spacial score (nSPS) is 51.9. The molecule has 5 unspecified atom stereocenters. The van der Waals surface area contributed by atoms with Crippen LogP contribution < -0.4 is 0 Å². The SMILES string of the molecule is CC1=C2CCC(C)C(C)C2(C)C2C(C1)C2(C)C. The van der Waals surface area contributed by atoms with E-state index in [2.05, 4.69) is 41.5 Å². The van der Waals surface area contributed by atoms with Crippen LogP contribution in [0.4, 0.5) is 0 Å². The average molecular weight is 232 g/mol. The molecule has 0 spiro atoms. The Morgan fingerprint density at radius 2 is 1.76 bits per heavy atom. The van der Waals surface area contributed by atoms with E-state index in [4.69, 9.17) is 0 Å². The van der Waals surface area contributed by atoms with Gasteiger partial charge in [0.25, 0.3) is 0 Å². The highest BCUT2D eigenvalue weighted by molar-refractivity contribution is 5.36. The second kappa shape index (κ2) is 3.19. The van der Waals surface area contributed by atoms with Crippen molar-refractivity contribution < 1.29 is 0 Å². The lowest BCUT2D eigenvalue weighted by Crippen LogP contribution is -2.41. The third-order valence-electron chi connectivity index (χ3n) is 7.04. The summed E-state index contributed by atoms with van der Waals surface area (Å²) >= 11 is 0. The first-order valence-electron chi connectivity index (χ1n) is 7.50. The van der Waals surface area contributed by atoms with Crippen LogP contribution in [0.5, 0.6) is 0 Å². The summed E-state index contributed by atoms with van der Waals surface area (Å²) in [6.45, 7) is 15.0. The Hall–Kier alpha value is -0.260. The van der Waals surface area contributed by atoms with Crippen molar-refractivity contribution in [2.24, 2.45) is 34.5 Å². The fraction of sp³-hybridized carbons (Fsp3) is 0.882. The average Bonchev–Trinajstić information content (AvgIpc) is 2.78. The van der Waals surface area contributed by atoms with Crippen molar-refractivity contribution in [3.05, 3.63) is 11.1 Å². The van der Waals surface area contributed by atoms with Crippen molar-refractivity contribution in [3.8, 4) is 0 Å². The molecule has 0 aromatic carbocycles. The van der Waals surface area contributed by atoms with E-state index >= 15 is 0 Å². The minimum Gasteiger partial charge on any atom is -0.0732 e. The zero-order valence-electron chi connectivity index (χ0n) is 12.4. The molecule has 0 aromatic heterocycles. The quantitative estimate of drug-likeness (QED) is 0.513. The van der Waals surface area contributed by atoms with Gasteiger partial charge in [0, 0.05) is 0 Å². The lowest BCUT2D eigenvalue weighted by Gasteiger charge is -2.49. The van der Waals surface area contributed by atoms with Gasteiger partial charge in [0.2, 0.25) is 0 Å². The predicted molar refractivity (Wildman–Crippen MR) is 73.7 cm³/mol. The molecule has 0 radical (unpaired) electrons. The Balaban J connectivity index is 2.09. The van der Waals surface area contributed by atoms with Gasteiger partial charge in [-0.1, -0.05) is 45.8 Å². The molecule has 17 heavy (non-hydrogen) atoms. The summed E-state index contributed by atoms with van der Waals surface area (Å²) < 4.78 is 0. The van der Waals surface area contributed by atoms with E-state index in [9.17, 15) is 0 Å². The maximum Gasteiger partial charge on any atom is -0.00493 e. The molecule has 0 N–H and O–H groups in total. The van der Waals surface area contributed by atoms with E-state index in [0.717, 1.165) is 23.7 Å². The van der Waals surface area contributed by atoms with Crippen molar-refractivity contribution in [2.75, 3.05) is 0 Å². The van der Waals surface area contributed by atoms with Crippen LogP contribution in [0, 0.1) is 34.5 Å². The van der Waals surface area contributed by atoms with Crippen LogP contribution in [-0.2, 0) is 0 Å². The van der Waals surface area contributed by atoms with Gasteiger partial charge >= 0.3 is 0 Å². The largest absolute Gasteiger partial charge is 0.0732 e. The topological polar surface area (TPSA) is 0 Å². The summed E-state index contributed by atoms with van der Waals surface area (Å²) in [6, 6.07) is 0. The monoisotopic (exact) mass is 232 g/mol. The summed E-state index contributed by atoms with van der Waals surface area (Å²) in [6.07, 6.45) is 4.19. The fourth-order valence-electron chi connectivity index (χ4n) is 5.67. The molecule has 0 saturated heterocycles. The van der Waals surface area contributed by atoms with Crippen LogP contribution in [0.2, 0.25) is 0 Å². The third kappa shape index (κ3) is 1.25. The lowest BCUT2D eigenvalue weighted by molar-refractivity contribution is 0.0913. The molecule has 0 aromatic rings. The van der Waals surface area contributed by atoms with E-state index in [0.29, 0.717) is 10.8 Å². The molecule has 3 aliphatic rings. The highest BCUT2D eigenvalue weighted by Crippen LogP contribution is 2.75. The zero-order valence-corrected chi connectivity index (χ0v) is 12.4. The molecular weight excluding hydrogens is 204 g/mol. The van der Waals surface area contributed by atoms with Gasteiger partial charge in [-0.05, 0) is 60.7 Å². The Kier molecular flexibility index (Phi) is 2.22. The van der Waals surface area contributed by atoms with Gasteiger partial charge in [-0.15, -0.1) is 0 Å². The van der Waals surface area contributed by atoms with E-state index in [-0.39, 0.29) is 0 Å². The molecule has 0 aliphatic heterocycles. The summed E-state index contributed by atoms with van der Waals surface area (Å²) in [7, 11) is 0. The van der Waals surface area contributed by atoms with Crippen LogP contribution >= 0.6 is 0 Å². The second-order valence-electron chi connectivity index (χ2n) is 7.96. The number of hydrogen-bond acceptors (Lipinski definition) is 0. The van der Waals surface area contributed by atoms with E-state index in [1.165, 1.54) is 19.3 Å². The summed E-state index contributed by atoms with van der Waals surface area (Å²) in [5.41, 5.74) is 4.73. The Morgan fingerprint density at radius 1 is 1.12 bits per heavy atom. The van der Waals surface area contributed by atoms with Crippen molar-refractivity contribution in [2.45, 2.75) is 60.8 Å². The highest BCUT2D eigenvalue weighted by atomic mass is 14.7. The molecule has 0 amide bonds. The molecule has 0 heteroatoms. The maximum atomic E-state index is 2.59. The zero-order chi connectivity index (χ0) is 12.6. The van der Waals surface area contributed by atoms with Gasteiger partial charge in [0.1, 0.15) is 0 Å². The minimum atomic E-state index is 0.522. The minimum absolute atomic E-state index is 0.522. The third-order valence-corrected chi connectivity index (χ3v) is 7.04. The van der Waals surface area contributed by atoms with Gasteiger partial charge < -0.3 is 0 Å². The smallest absolute Gasteiger partial charge is 0.00493 e. The van der Waals surface area contributed by atoms with E-state index < -0.39 is 0 Å². The van der Waals surface area contributed by atoms with Crippen molar-refractivity contribution in [1.29, 1.82) is 0 Å². The molecule has 2 saturated carbocycles. The van der Waals surface area contributed by atoms with Crippen LogP contribution in [0.3, 0.4) is 0 Å². The first-order valence-corrected chi connectivity index (χ1v) is 7.50. The number of allylic oxidation sites excluding steroid dienone is 2. The number of hydrogen-bond donors (Lipinski definition) is 0. The Bertz CT molecular complexity index is 387. The summed E-state index contributed by atoms with van der Waals surface area (Å²) in [5, 5.41) is 0. The molecule has 5 atom stereocenters. The number of fused-ring (bicyclic) bond motifs is 3. The first kappa shape index (κ1) is 11.8. The molecule has 0 heterocycles.